The number of nitrogens with zero attached hydrogens (tertiary/aromatic N) is 1. The number of fused-ring (bicyclic) bond motifs is 9. The van der Waals surface area contributed by atoms with Crippen molar-refractivity contribution in [3.63, 3.8) is 0 Å². The molecule has 48 heavy (non-hydrogen) atoms. The Kier molecular flexibility index (Phi) is 5.91. The predicted molar refractivity (Wildman–Crippen MR) is 204 cm³/mol. The van der Waals surface area contributed by atoms with Crippen LogP contribution in [0.1, 0.15) is 0 Å². The molecular formula is C46H29NO. The van der Waals surface area contributed by atoms with Crippen LogP contribution in [0.5, 0.6) is 0 Å². The van der Waals surface area contributed by atoms with Crippen molar-refractivity contribution < 1.29 is 4.42 Å². The maximum Gasteiger partial charge on any atom is 0.137 e. The quantitative estimate of drug-likeness (QED) is 0.184. The Labute approximate surface area is 277 Å². The molecule has 0 saturated carbocycles. The van der Waals surface area contributed by atoms with Crippen LogP contribution in [0.2, 0.25) is 0 Å². The van der Waals surface area contributed by atoms with Crippen molar-refractivity contribution in [3.8, 4) is 11.1 Å². The van der Waals surface area contributed by atoms with Crippen molar-refractivity contribution in [2.45, 2.75) is 0 Å². The fraction of sp³-hybridized carbons (Fsp3) is 0. The lowest BCUT2D eigenvalue weighted by atomic mass is 9.96. The van der Waals surface area contributed by atoms with E-state index in [2.05, 4.69) is 181 Å². The third kappa shape index (κ3) is 4.20. The Morgan fingerprint density at radius 2 is 0.979 bits per heavy atom. The molecule has 0 aliphatic heterocycles. The average molecular weight is 612 g/mol. The van der Waals surface area contributed by atoms with Gasteiger partial charge in [-0.05, 0) is 103 Å². The molecule has 0 amide bonds. The van der Waals surface area contributed by atoms with Gasteiger partial charge in [-0.15, -0.1) is 0 Å². The molecule has 2 heteroatoms. The molecule has 0 N–H and O–H groups in total. The van der Waals surface area contributed by atoms with E-state index in [1.165, 1.54) is 54.2 Å². The van der Waals surface area contributed by atoms with E-state index in [1.54, 1.807) is 0 Å². The highest BCUT2D eigenvalue weighted by Gasteiger charge is 2.20. The highest BCUT2D eigenvalue weighted by Crippen LogP contribution is 2.45. The van der Waals surface area contributed by atoms with Gasteiger partial charge < -0.3 is 9.32 Å². The molecule has 0 saturated heterocycles. The molecule has 0 aliphatic rings. The van der Waals surface area contributed by atoms with Gasteiger partial charge in [0.25, 0.3) is 0 Å². The SMILES string of the molecule is c1ccc(-c2ccc(N(c3ccc4c(ccc5ccc6ccccc6c54)c3)c3cccc4oc5cc6ccccc6cc5c34)cc2)cc1. The first-order valence-corrected chi connectivity index (χ1v) is 16.4. The fourth-order valence-electron chi connectivity index (χ4n) is 7.50. The maximum absolute atomic E-state index is 6.53. The molecule has 1 heterocycles. The van der Waals surface area contributed by atoms with Gasteiger partial charge in [0.05, 0.1) is 11.1 Å². The summed E-state index contributed by atoms with van der Waals surface area (Å²) in [6.45, 7) is 0. The smallest absolute Gasteiger partial charge is 0.137 e. The van der Waals surface area contributed by atoms with Crippen LogP contribution in [0.4, 0.5) is 17.1 Å². The average Bonchev–Trinajstić information content (AvgIpc) is 3.52. The van der Waals surface area contributed by atoms with E-state index in [9.17, 15) is 0 Å². The summed E-state index contributed by atoms with van der Waals surface area (Å²) in [5.74, 6) is 0. The molecule has 9 aromatic carbocycles. The highest BCUT2D eigenvalue weighted by atomic mass is 16.3. The van der Waals surface area contributed by atoms with E-state index < -0.39 is 0 Å². The second kappa shape index (κ2) is 10.6. The number of hydrogen-bond donors (Lipinski definition) is 0. The van der Waals surface area contributed by atoms with Crippen LogP contribution in [-0.4, -0.2) is 0 Å². The van der Waals surface area contributed by atoms with E-state index in [-0.39, 0.29) is 0 Å². The minimum absolute atomic E-state index is 0.877. The van der Waals surface area contributed by atoms with Crippen LogP contribution in [0.25, 0.3) is 76.2 Å². The lowest BCUT2D eigenvalue weighted by molar-refractivity contribution is 0.669. The van der Waals surface area contributed by atoms with Gasteiger partial charge in [-0.1, -0.05) is 127 Å². The zero-order valence-electron chi connectivity index (χ0n) is 26.1. The molecule has 0 atom stereocenters. The van der Waals surface area contributed by atoms with Crippen LogP contribution in [0.3, 0.4) is 0 Å². The van der Waals surface area contributed by atoms with Crippen molar-refractivity contribution in [1.82, 2.24) is 0 Å². The van der Waals surface area contributed by atoms with Crippen LogP contribution >= 0.6 is 0 Å². The van der Waals surface area contributed by atoms with Gasteiger partial charge in [0.1, 0.15) is 11.2 Å². The zero-order chi connectivity index (χ0) is 31.6. The van der Waals surface area contributed by atoms with E-state index >= 15 is 0 Å². The third-order valence-corrected chi connectivity index (χ3v) is 9.78. The van der Waals surface area contributed by atoms with Crippen LogP contribution in [0, 0.1) is 0 Å². The highest BCUT2D eigenvalue weighted by molar-refractivity contribution is 6.21. The molecule has 0 bridgehead atoms. The monoisotopic (exact) mass is 611 g/mol. The minimum Gasteiger partial charge on any atom is -0.456 e. The second-order valence-corrected chi connectivity index (χ2v) is 12.6. The first-order valence-electron chi connectivity index (χ1n) is 16.4. The molecule has 0 fully saturated rings. The summed E-state index contributed by atoms with van der Waals surface area (Å²) in [6.07, 6.45) is 0. The van der Waals surface area contributed by atoms with E-state index in [0.29, 0.717) is 0 Å². The van der Waals surface area contributed by atoms with Gasteiger partial charge in [-0.2, -0.15) is 0 Å². The molecule has 0 unspecified atom stereocenters. The lowest BCUT2D eigenvalue weighted by Gasteiger charge is -2.27. The molecule has 10 aromatic rings. The van der Waals surface area contributed by atoms with Crippen molar-refractivity contribution in [2.24, 2.45) is 0 Å². The fourth-order valence-corrected chi connectivity index (χ4v) is 7.50. The van der Waals surface area contributed by atoms with Gasteiger partial charge in [-0.25, -0.2) is 0 Å². The van der Waals surface area contributed by atoms with Gasteiger partial charge in [-0.3, -0.25) is 0 Å². The summed E-state index contributed by atoms with van der Waals surface area (Å²) in [7, 11) is 0. The van der Waals surface area contributed by atoms with E-state index in [4.69, 9.17) is 4.42 Å². The standard InChI is InChI=1S/C46H29NO/c1-2-9-30(10-3-1)31-21-23-37(24-22-31)47(42-15-8-16-43-46(42)41-28-34-12-4-5-13-35(34)29-44(41)48-43)38-25-26-40-36(27-38)20-19-33-18-17-32-11-6-7-14-39(32)45(33)40/h1-29H. The second-order valence-electron chi connectivity index (χ2n) is 12.6. The van der Waals surface area contributed by atoms with Crippen molar-refractivity contribution in [1.29, 1.82) is 0 Å². The normalized spacial score (nSPS) is 11.8. The number of rotatable bonds is 4. The van der Waals surface area contributed by atoms with Crippen LogP contribution < -0.4 is 4.90 Å². The van der Waals surface area contributed by atoms with Gasteiger partial charge in [0.2, 0.25) is 0 Å². The summed E-state index contributed by atoms with van der Waals surface area (Å²) < 4.78 is 6.53. The summed E-state index contributed by atoms with van der Waals surface area (Å²) >= 11 is 0. The molecule has 0 radical (unpaired) electrons. The maximum atomic E-state index is 6.53. The van der Waals surface area contributed by atoms with Crippen LogP contribution in [0.15, 0.2) is 180 Å². The topological polar surface area (TPSA) is 16.4 Å². The van der Waals surface area contributed by atoms with E-state index in [0.717, 1.165) is 39.0 Å². The molecule has 0 aliphatic carbocycles. The minimum atomic E-state index is 0.877. The molecule has 2 nitrogen and oxygen atoms in total. The van der Waals surface area contributed by atoms with Crippen LogP contribution in [-0.2, 0) is 0 Å². The first-order chi connectivity index (χ1) is 23.8. The first kappa shape index (κ1) is 26.8. The molecule has 1 aromatic heterocycles. The van der Waals surface area contributed by atoms with Crippen molar-refractivity contribution >= 4 is 82.1 Å². The summed E-state index contributed by atoms with van der Waals surface area (Å²) in [6, 6.07) is 63.3. The molecule has 224 valence electrons. The zero-order valence-corrected chi connectivity index (χ0v) is 26.1. The largest absolute Gasteiger partial charge is 0.456 e. The predicted octanol–water partition coefficient (Wildman–Crippen LogP) is 13.3. The lowest BCUT2D eigenvalue weighted by Crippen LogP contribution is -2.10. The Balaban J connectivity index is 1.23. The van der Waals surface area contributed by atoms with Gasteiger partial charge in [0.15, 0.2) is 0 Å². The number of hydrogen-bond acceptors (Lipinski definition) is 2. The number of benzene rings is 9. The van der Waals surface area contributed by atoms with Gasteiger partial charge in [0, 0.05) is 16.8 Å². The van der Waals surface area contributed by atoms with E-state index in [1.807, 2.05) is 0 Å². The Hall–Kier alpha value is -6.38. The summed E-state index contributed by atoms with van der Waals surface area (Å²) in [5.41, 5.74) is 7.43. The van der Waals surface area contributed by atoms with Crippen molar-refractivity contribution in [3.05, 3.63) is 176 Å². The van der Waals surface area contributed by atoms with Gasteiger partial charge >= 0.3 is 0 Å². The summed E-state index contributed by atoms with van der Waals surface area (Å²) in [4.78, 5) is 2.38. The molecule has 10 rings (SSSR count). The number of furan rings is 1. The Morgan fingerprint density at radius 3 is 1.81 bits per heavy atom. The third-order valence-electron chi connectivity index (χ3n) is 9.78. The molecular weight excluding hydrogens is 583 g/mol. The summed E-state index contributed by atoms with van der Waals surface area (Å²) in [5, 5.41) is 12.1. The van der Waals surface area contributed by atoms with Crippen molar-refractivity contribution in [2.75, 3.05) is 4.90 Å². The Bertz CT molecular complexity index is 2830. The number of anilines is 3. The molecule has 0 spiro atoms. The Morgan fingerprint density at radius 1 is 0.333 bits per heavy atom.